The molecular formula is C14H25F3N2O. The quantitative estimate of drug-likeness (QED) is 0.696. The van der Waals surface area contributed by atoms with E-state index in [4.69, 9.17) is 4.74 Å². The highest BCUT2D eigenvalue weighted by Crippen LogP contribution is 2.36. The normalized spacial score (nSPS) is 27.4. The maximum Gasteiger partial charge on any atom is 0.401 e. The molecule has 0 amide bonds. The number of ether oxygens (including phenoxy) is 1. The van der Waals surface area contributed by atoms with Crippen molar-refractivity contribution < 1.29 is 17.9 Å². The zero-order chi connectivity index (χ0) is 14.6. The summed E-state index contributed by atoms with van der Waals surface area (Å²) in [5.41, 5.74) is -0.150. The van der Waals surface area contributed by atoms with E-state index in [0.29, 0.717) is 19.8 Å². The van der Waals surface area contributed by atoms with Gasteiger partial charge in [-0.1, -0.05) is 6.92 Å². The summed E-state index contributed by atoms with van der Waals surface area (Å²) in [7, 11) is 0. The van der Waals surface area contributed by atoms with Gasteiger partial charge in [-0.25, -0.2) is 0 Å². The van der Waals surface area contributed by atoms with Gasteiger partial charge in [-0.15, -0.1) is 0 Å². The van der Waals surface area contributed by atoms with Gasteiger partial charge in [-0.05, 0) is 32.2 Å². The number of halogens is 3. The number of nitrogens with zero attached hydrogens (tertiary/aromatic N) is 1. The van der Waals surface area contributed by atoms with E-state index >= 15 is 0 Å². The summed E-state index contributed by atoms with van der Waals surface area (Å²) in [6.07, 6.45) is -0.429. The summed E-state index contributed by atoms with van der Waals surface area (Å²) in [6, 6.07) is 0.125. The highest BCUT2D eigenvalue weighted by Gasteiger charge is 2.44. The topological polar surface area (TPSA) is 24.5 Å². The van der Waals surface area contributed by atoms with Crippen molar-refractivity contribution in [1.82, 2.24) is 10.2 Å². The number of nitrogens with one attached hydrogen (secondary N) is 1. The molecule has 6 heteroatoms. The molecule has 0 aromatic heterocycles. The highest BCUT2D eigenvalue weighted by molar-refractivity contribution is 4.94. The number of hydrogen-bond donors (Lipinski definition) is 1. The minimum absolute atomic E-state index is 0.125. The van der Waals surface area contributed by atoms with Crippen molar-refractivity contribution in [3.8, 4) is 0 Å². The smallest absolute Gasteiger partial charge is 0.381 e. The first-order chi connectivity index (χ1) is 9.44. The number of rotatable bonds is 8. The first-order valence-electron chi connectivity index (χ1n) is 7.53. The van der Waals surface area contributed by atoms with Crippen molar-refractivity contribution in [2.24, 2.45) is 5.41 Å². The van der Waals surface area contributed by atoms with E-state index in [9.17, 15) is 13.2 Å². The molecule has 1 aliphatic heterocycles. The molecule has 2 rings (SSSR count). The Labute approximate surface area is 118 Å². The predicted octanol–water partition coefficient (Wildman–Crippen LogP) is 2.42. The van der Waals surface area contributed by atoms with E-state index in [1.165, 1.54) is 0 Å². The lowest BCUT2D eigenvalue weighted by Gasteiger charge is -2.35. The van der Waals surface area contributed by atoms with Crippen molar-refractivity contribution in [2.45, 2.75) is 44.8 Å². The highest BCUT2D eigenvalue weighted by atomic mass is 19.4. The van der Waals surface area contributed by atoms with Gasteiger partial charge in [0.05, 0.1) is 13.2 Å². The molecule has 1 atom stereocenters. The van der Waals surface area contributed by atoms with E-state index in [1.54, 1.807) is 4.90 Å². The molecule has 0 aromatic rings. The Bertz CT molecular complexity index is 299. The van der Waals surface area contributed by atoms with Gasteiger partial charge < -0.3 is 10.1 Å². The molecule has 1 saturated heterocycles. The van der Waals surface area contributed by atoms with Crippen molar-refractivity contribution in [2.75, 3.05) is 39.4 Å². The molecule has 1 aliphatic carbocycles. The van der Waals surface area contributed by atoms with Gasteiger partial charge in [-0.3, -0.25) is 4.90 Å². The van der Waals surface area contributed by atoms with Crippen molar-refractivity contribution >= 4 is 0 Å². The van der Waals surface area contributed by atoms with Crippen LogP contribution in [-0.2, 0) is 4.74 Å². The molecule has 0 bridgehead atoms. The van der Waals surface area contributed by atoms with Crippen LogP contribution in [0, 0.1) is 5.41 Å². The fraction of sp³-hybridized carbons (Fsp3) is 1.00. The molecule has 0 aromatic carbocycles. The third-order valence-electron chi connectivity index (χ3n) is 4.10. The molecule has 1 saturated carbocycles. The van der Waals surface area contributed by atoms with Gasteiger partial charge in [0.2, 0.25) is 0 Å². The Morgan fingerprint density at radius 1 is 1.35 bits per heavy atom. The molecule has 2 aliphatic rings. The first kappa shape index (κ1) is 16.0. The minimum Gasteiger partial charge on any atom is -0.381 e. The summed E-state index contributed by atoms with van der Waals surface area (Å²) in [5.74, 6) is 0. The summed E-state index contributed by atoms with van der Waals surface area (Å²) in [5, 5.41) is 3.36. The fourth-order valence-electron chi connectivity index (χ4n) is 2.91. The van der Waals surface area contributed by atoms with E-state index in [2.05, 4.69) is 12.2 Å². The van der Waals surface area contributed by atoms with Gasteiger partial charge in [-0.2, -0.15) is 13.2 Å². The maximum atomic E-state index is 12.7. The minimum atomic E-state index is -4.11. The van der Waals surface area contributed by atoms with E-state index in [-0.39, 0.29) is 11.5 Å². The lowest BCUT2D eigenvalue weighted by molar-refractivity contribution is -0.150. The van der Waals surface area contributed by atoms with Crippen LogP contribution in [0.25, 0.3) is 0 Å². The Kier molecular flexibility index (Phi) is 5.31. The third-order valence-corrected chi connectivity index (χ3v) is 4.10. The Morgan fingerprint density at radius 3 is 2.60 bits per heavy atom. The molecule has 20 heavy (non-hydrogen) atoms. The monoisotopic (exact) mass is 294 g/mol. The number of alkyl halides is 3. The van der Waals surface area contributed by atoms with Gasteiger partial charge in [0, 0.05) is 31.2 Å². The SMILES string of the molecule is CCCNCC1(CN(CC(F)(F)F)C2CC2)CCOC1. The van der Waals surface area contributed by atoms with Gasteiger partial charge >= 0.3 is 6.18 Å². The standard InChI is InChI=1S/C14H25F3N2O/c1-2-6-18-8-13(5-7-20-11-13)9-19(12-3-4-12)10-14(15,16)17/h12,18H,2-11H2,1H3. The molecule has 1 heterocycles. The van der Waals surface area contributed by atoms with Crippen LogP contribution in [0.1, 0.15) is 32.6 Å². The maximum absolute atomic E-state index is 12.7. The summed E-state index contributed by atoms with van der Waals surface area (Å²) < 4.78 is 43.6. The average Bonchev–Trinajstić information content (AvgIpc) is 3.10. The van der Waals surface area contributed by atoms with Crippen LogP contribution in [0.15, 0.2) is 0 Å². The molecule has 0 radical (unpaired) electrons. The fourth-order valence-corrected chi connectivity index (χ4v) is 2.91. The molecule has 1 N–H and O–H groups in total. The second-order valence-electron chi connectivity index (χ2n) is 6.23. The lowest BCUT2D eigenvalue weighted by atomic mass is 9.86. The molecule has 2 fully saturated rings. The molecular weight excluding hydrogens is 269 g/mol. The largest absolute Gasteiger partial charge is 0.401 e. The summed E-state index contributed by atoms with van der Waals surface area (Å²) in [6.45, 7) is 4.70. The van der Waals surface area contributed by atoms with Crippen LogP contribution in [0.5, 0.6) is 0 Å². The zero-order valence-electron chi connectivity index (χ0n) is 12.1. The lowest BCUT2D eigenvalue weighted by Crippen LogP contribution is -2.48. The van der Waals surface area contributed by atoms with Crippen molar-refractivity contribution in [3.63, 3.8) is 0 Å². The predicted molar refractivity (Wildman–Crippen MR) is 71.7 cm³/mol. The van der Waals surface area contributed by atoms with Crippen LogP contribution in [0.4, 0.5) is 13.2 Å². The summed E-state index contributed by atoms with van der Waals surface area (Å²) >= 11 is 0. The molecule has 1 unspecified atom stereocenters. The Hall–Kier alpha value is -0.330. The average molecular weight is 294 g/mol. The van der Waals surface area contributed by atoms with Gasteiger partial charge in [0.25, 0.3) is 0 Å². The van der Waals surface area contributed by atoms with Gasteiger partial charge in [0.15, 0.2) is 0 Å². The van der Waals surface area contributed by atoms with Crippen molar-refractivity contribution in [3.05, 3.63) is 0 Å². The second kappa shape index (κ2) is 6.62. The van der Waals surface area contributed by atoms with Gasteiger partial charge in [0.1, 0.15) is 0 Å². The molecule has 0 spiro atoms. The van der Waals surface area contributed by atoms with Crippen LogP contribution in [-0.4, -0.2) is 56.5 Å². The van der Waals surface area contributed by atoms with E-state index in [1.807, 2.05) is 0 Å². The van der Waals surface area contributed by atoms with E-state index < -0.39 is 12.7 Å². The second-order valence-corrected chi connectivity index (χ2v) is 6.23. The Balaban J connectivity index is 1.93. The van der Waals surface area contributed by atoms with Crippen LogP contribution >= 0.6 is 0 Å². The Morgan fingerprint density at radius 2 is 2.10 bits per heavy atom. The number of hydrogen-bond acceptors (Lipinski definition) is 3. The van der Waals surface area contributed by atoms with Crippen LogP contribution in [0.2, 0.25) is 0 Å². The van der Waals surface area contributed by atoms with Crippen LogP contribution in [0.3, 0.4) is 0 Å². The van der Waals surface area contributed by atoms with Crippen LogP contribution < -0.4 is 5.32 Å². The summed E-state index contributed by atoms with van der Waals surface area (Å²) in [4.78, 5) is 1.63. The van der Waals surface area contributed by atoms with E-state index in [0.717, 1.165) is 38.8 Å². The first-order valence-corrected chi connectivity index (χ1v) is 7.53. The third kappa shape index (κ3) is 4.90. The van der Waals surface area contributed by atoms with Crippen molar-refractivity contribution in [1.29, 1.82) is 0 Å². The zero-order valence-corrected chi connectivity index (χ0v) is 12.1. The molecule has 118 valence electrons. The molecule has 3 nitrogen and oxygen atoms in total.